The molecule has 1 unspecified atom stereocenters. The van der Waals surface area contributed by atoms with Crippen LogP contribution in [0.1, 0.15) is 25.3 Å². The molecule has 2 heteroatoms. The molecule has 2 nitrogen and oxygen atoms in total. The number of benzene rings is 1. The van der Waals surface area contributed by atoms with Gasteiger partial charge in [0.05, 0.1) is 0 Å². The van der Waals surface area contributed by atoms with Crippen molar-refractivity contribution < 1.29 is 0 Å². The van der Waals surface area contributed by atoms with E-state index in [4.69, 9.17) is 0 Å². The predicted molar refractivity (Wildman–Crippen MR) is 72.7 cm³/mol. The number of hydrogen-bond acceptors (Lipinski definition) is 1. The van der Waals surface area contributed by atoms with Crippen LogP contribution in [0.15, 0.2) is 54.9 Å². The number of nitrogens with zero attached hydrogens (tertiary/aromatic N) is 1. The lowest BCUT2D eigenvalue weighted by Gasteiger charge is -2.22. The molecule has 0 fully saturated rings. The van der Waals surface area contributed by atoms with Gasteiger partial charge in [0.25, 0.3) is 0 Å². The average molecular weight is 228 g/mol. The molecule has 1 N–H and O–H groups in total. The van der Waals surface area contributed by atoms with Crippen LogP contribution in [0.4, 0.5) is 0 Å². The Balaban J connectivity index is 2.03. The fourth-order valence-corrected chi connectivity index (χ4v) is 2.08. The van der Waals surface area contributed by atoms with Gasteiger partial charge in [0.2, 0.25) is 0 Å². The first-order valence-corrected chi connectivity index (χ1v) is 6.19. The van der Waals surface area contributed by atoms with Crippen molar-refractivity contribution in [1.82, 2.24) is 4.68 Å². The first-order valence-electron chi connectivity index (χ1n) is 6.19. The lowest BCUT2D eigenvalue weighted by atomic mass is 9.88. The standard InChI is InChI=1S/C15H20N2/c1-13(2)15(14-8-4-3-5-9-14)12-16-17-10-6-7-11-17/h3-11,13,15-16H,12H2,1-2H3. The van der Waals surface area contributed by atoms with Crippen molar-refractivity contribution in [3.8, 4) is 0 Å². The van der Waals surface area contributed by atoms with E-state index in [1.54, 1.807) is 0 Å². The summed E-state index contributed by atoms with van der Waals surface area (Å²) in [6.45, 7) is 5.50. The smallest absolute Gasteiger partial charge is 0.0384 e. The van der Waals surface area contributed by atoms with Crippen molar-refractivity contribution in [1.29, 1.82) is 0 Å². The van der Waals surface area contributed by atoms with Gasteiger partial charge in [0.15, 0.2) is 0 Å². The van der Waals surface area contributed by atoms with Crippen LogP contribution < -0.4 is 5.43 Å². The van der Waals surface area contributed by atoms with E-state index in [1.165, 1.54) is 5.56 Å². The molecular weight excluding hydrogens is 208 g/mol. The fourth-order valence-electron chi connectivity index (χ4n) is 2.08. The van der Waals surface area contributed by atoms with E-state index in [2.05, 4.69) is 49.6 Å². The van der Waals surface area contributed by atoms with Crippen molar-refractivity contribution in [2.24, 2.45) is 5.92 Å². The Labute approximate surface area is 103 Å². The SMILES string of the molecule is CC(C)C(CNn1cccc1)c1ccccc1. The number of nitrogens with one attached hydrogen (secondary N) is 1. The Bertz CT molecular complexity index is 417. The first-order chi connectivity index (χ1) is 8.27. The summed E-state index contributed by atoms with van der Waals surface area (Å²) in [5.41, 5.74) is 4.83. The van der Waals surface area contributed by atoms with E-state index < -0.39 is 0 Å². The zero-order valence-corrected chi connectivity index (χ0v) is 10.5. The Morgan fingerprint density at radius 3 is 2.24 bits per heavy atom. The van der Waals surface area contributed by atoms with Crippen molar-refractivity contribution in [3.05, 3.63) is 60.4 Å². The van der Waals surface area contributed by atoms with Crippen LogP contribution in [0.3, 0.4) is 0 Å². The molecule has 2 rings (SSSR count). The van der Waals surface area contributed by atoms with Crippen LogP contribution in [0.2, 0.25) is 0 Å². The van der Waals surface area contributed by atoms with Gasteiger partial charge < -0.3 is 5.43 Å². The predicted octanol–water partition coefficient (Wildman–Crippen LogP) is 3.47. The Morgan fingerprint density at radius 1 is 1.00 bits per heavy atom. The highest BCUT2D eigenvalue weighted by molar-refractivity contribution is 5.21. The van der Waals surface area contributed by atoms with Gasteiger partial charge in [-0.15, -0.1) is 0 Å². The van der Waals surface area contributed by atoms with Crippen LogP contribution in [0.25, 0.3) is 0 Å². The van der Waals surface area contributed by atoms with Gasteiger partial charge >= 0.3 is 0 Å². The zero-order chi connectivity index (χ0) is 12.1. The minimum Gasteiger partial charge on any atom is -0.326 e. The van der Waals surface area contributed by atoms with E-state index in [9.17, 15) is 0 Å². The zero-order valence-electron chi connectivity index (χ0n) is 10.5. The number of rotatable bonds is 5. The molecular formula is C15H20N2. The molecule has 0 aliphatic rings. The molecule has 0 aliphatic heterocycles. The molecule has 0 saturated heterocycles. The first kappa shape index (κ1) is 11.8. The van der Waals surface area contributed by atoms with Gasteiger partial charge in [-0.25, -0.2) is 0 Å². The van der Waals surface area contributed by atoms with E-state index in [-0.39, 0.29) is 0 Å². The summed E-state index contributed by atoms with van der Waals surface area (Å²) in [4.78, 5) is 0. The molecule has 0 spiro atoms. The molecule has 2 aromatic rings. The van der Waals surface area contributed by atoms with Crippen LogP contribution in [0.5, 0.6) is 0 Å². The summed E-state index contributed by atoms with van der Waals surface area (Å²) in [6, 6.07) is 14.8. The molecule has 1 heterocycles. The highest BCUT2D eigenvalue weighted by Crippen LogP contribution is 2.23. The van der Waals surface area contributed by atoms with E-state index in [0.29, 0.717) is 11.8 Å². The molecule has 1 atom stereocenters. The van der Waals surface area contributed by atoms with Crippen LogP contribution >= 0.6 is 0 Å². The molecule has 0 aliphatic carbocycles. The lowest BCUT2D eigenvalue weighted by molar-refractivity contribution is 0.503. The molecule has 0 bridgehead atoms. The van der Waals surface area contributed by atoms with Gasteiger partial charge in [-0.3, -0.25) is 4.68 Å². The maximum absolute atomic E-state index is 3.42. The van der Waals surface area contributed by atoms with Crippen molar-refractivity contribution in [2.45, 2.75) is 19.8 Å². The monoisotopic (exact) mass is 228 g/mol. The Morgan fingerprint density at radius 2 is 1.65 bits per heavy atom. The third-order valence-electron chi connectivity index (χ3n) is 3.13. The Kier molecular flexibility index (Phi) is 3.86. The normalized spacial score (nSPS) is 12.6. The summed E-state index contributed by atoms with van der Waals surface area (Å²) in [7, 11) is 0. The van der Waals surface area contributed by atoms with Gasteiger partial charge in [-0.1, -0.05) is 44.2 Å². The molecule has 0 saturated carbocycles. The quantitative estimate of drug-likeness (QED) is 0.829. The molecule has 0 radical (unpaired) electrons. The summed E-state index contributed by atoms with van der Waals surface area (Å²) in [5.74, 6) is 1.17. The minimum atomic E-state index is 0.540. The topological polar surface area (TPSA) is 17.0 Å². The van der Waals surface area contributed by atoms with Crippen LogP contribution in [-0.4, -0.2) is 11.2 Å². The van der Waals surface area contributed by atoms with Gasteiger partial charge in [-0.2, -0.15) is 0 Å². The maximum atomic E-state index is 3.42. The summed E-state index contributed by atoms with van der Waals surface area (Å²) < 4.78 is 2.01. The molecule has 1 aromatic carbocycles. The summed E-state index contributed by atoms with van der Waals surface area (Å²) in [5, 5.41) is 0. The maximum Gasteiger partial charge on any atom is 0.0384 e. The van der Waals surface area contributed by atoms with Crippen molar-refractivity contribution in [3.63, 3.8) is 0 Å². The number of hydrogen-bond donors (Lipinski definition) is 1. The second-order valence-corrected chi connectivity index (χ2v) is 4.71. The van der Waals surface area contributed by atoms with E-state index in [0.717, 1.165) is 6.54 Å². The molecule has 90 valence electrons. The molecule has 1 aromatic heterocycles. The summed E-state index contributed by atoms with van der Waals surface area (Å²) in [6.07, 6.45) is 4.06. The van der Waals surface area contributed by atoms with Crippen LogP contribution in [0, 0.1) is 5.92 Å². The third kappa shape index (κ3) is 3.13. The van der Waals surface area contributed by atoms with Gasteiger partial charge in [0.1, 0.15) is 0 Å². The van der Waals surface area contributed by atoms with Crippen LogP contribution in [-0.2, 0) is 0 Å². The molecule has 17 heavy (non-hydrogen) atoms. The van der Waals surface area contributed by atoms with E-state index in [1.807, 2.05) is 29.2 Å². The van der Waals surface area contributed by atoms with Crippen molar-refractivity contribution >= 4 is 0 Å². The van der Waals surface area contributed by atoms with Gasteiger partial charge in [-0.05, 0) is 23.6 Å². The fraction of sp³-hybridized carbons (Fsp3) is 0.333. The average Bonchev–Trinajstić information content (AvgIpc) is 2.83. The molecule has 0 amide bonds. The number of aromatic nitrogens is 1. The highest BCUT2D eigenvalue weighted by atomic mass is 15.4. The van der Waals surface area contributed by atoms with Crippen molar-refractivity contribution in [2.75, 3.05) is 12.0 Å². The second kappa shape index (κ2) is 5.58. The van der Waals surface area contributed by atoms with Gasteiger partial charge in [0, 0.05) is 24.9 Å². The summed E-state index contributed by atoms with van der Waals surface area (Å²) >= 11 is 0. The highest BCUT2D eigenvalue weighted by Gasteiger charge is 2.14. The lowest BCUT2D eigenvalue weighted by Crippen LogP contribution is -2.23. The second-order valence-electron chi connectivity index (χ2n) is 4.71. The van der Waals surface area contributed by atoms with E-state index >= 15 is 0 Å². The minimum absolute atomic E-state index is 0.540. The largest absolute Gasteiger partial charge is 0.326 e. The Hall–Kier alpha value is -1.70. The third-order valence-corrected chi connectivity index (χ3v) is 3.13.